The van der Waals surface area contributed by atoms with Crippen LogP contribution in [0.2, 0.25) is 0 Å². The summed E-state index contributed by atoms with van der Waals surface area (Å²) < 4.78 is 0. The molecule has 0 spiro atoms. The van der Waals surface area contributed by atoms with Crippen molar-refractivity contribution in [3.05, 3.63) is 34.9 Å². The van der Waals surface area contributed by atoms with E-state index in [9.17, 15) is 4.79 Å². The fourth-order valence-electron chi connectivity index (χ4n) is 2.78. The highest BCUT2D eigenvalue weighted by Gasteiger charge is 2.24. The molecule has 1 aromatic carbocycles. The third-order valence-corrected chi connectivity index (χ3v) is 4.14. The third-order valence-electron chi connectivity index (χ3n) is 4.14. The number of rotatable bonds is 6. The third kappa shape index (κ3) is 3.80. The molecule has 0 heterocycles. The average Bonchev–Trinajstić information content (AvgIpc) is 2.34. The molecule has 0 aliphatic carbocycles. The van der Waals surface area contributed by atoms with Crippen molar-refractivity contribution in [1.82, 2.24) is 0 Å². The molecule has 3 atom stereocenters. The van der Waals surface area contributed by atoms with E-state index in [1.54, 1.807) is 0 Å². The van der Waals surface area contributed by atoms with Crippen molar-refractivity contribution in [2.75, 3.05) is 6.54 Å². The van der Waals surface area contributed by atoms with Gasteiger partial charge in [-0.3, -0.25) is 4.79 Å². The summed E-state index contributed by atoms with van der Waals surface area (Å²) in [6, 6.07) is 6.29. The molecule has 0 aliphatic rings. The Morgan fingerprint density at radius 1 is 1.26 bits per heavy atom. The minimum atomic E-state index is -0.789. The number of hydrogen-bond donors (Lipinski definition) is 2. The number of carboxylic acids is 1. The fraction of sp³-hybridized carbons (Fsp3) is 0.562. The SMILES string of the molecule is Cc1cccc(C)c1C(C)C(C)CC(CN)C(=O)O. The van der Waals surface area contributed by atoms with E-state index in [-0.39, 0.29) is 6.54 Å². The van der Waals surface area contributed by atoms with Gasteiger partial charge in [-0.2, -0.15) is 0 Å². The van der Waals surface area contributed by atoms with Crippen LogP contribution in [0.4, 0.5) is 0 Å². The highest BCUT2D eigenvalue weighted by atomic mass is 16.4. The van der Waals surface area contributed by atoms with Crippen LogP contribution < -0.4 is 5.73 Å². The molecule has 3 unspecified atom stereocenters. The highest BCUT2D eigenvalue weighted by molar-refractivity contribution is 5.70. The van der Waals surface area contributed by atoms with Crippen molar-refractivity contribution in [2.45, 2.75) is 40.0 Å². The number of carbonyl (C=O) groups is 1. The Morgan fingerprint density at radius 3 is 2.21 bits per heavy atom. The summed E-state index contributed by atoms with van der Waals surface area (Å²) in [5, 5.41) is 9.10. The molecular formula is C16H25NO2. The van der Waals surface area contributed by atoms with Crippen molar-refractivity contribution < 1.29 is 9.90 Å². The summed E-state index contributed by atoms with van der Waals surface area (Å²) >= 11 is 0. The summed E-state index contributed by atoms with van der Waals surface area (Å²) in [4.78, 5) is 11.1. The Kier molecular flexibility index (Phi) is 5.55. The predicted molar refractivity (Wildman–Crippen MR) is 78.3 cm³/mol. The lowest BCUT2D eigenvalue weighted by molar-refractivity contribution is -0.142. The topological polar surface area (TPSA) is 63.3 Å². The van der Waals surface area contributed by atoms with Crippen LogP contribution in [0.25, 0.3) is 0 Å². The normalized spacial score (nSPS) is 15.8. The number of aryl methyl sites for hydroxylation is 2. The Labute approximate surface area is 115 Å². The van der Waals surface area contributed by atoms with E-state index < -0.39 is 11.9 Å². The Bertz CT molecular complexity index is 422. The zero-order valence-electron chi connectivity index (χ0n) is 12.3. The lowest BCUT2D eigenvalue weighted by Crippen LogP contribution is -2.26. The molecule has 0 aromatic heterocycles. The number of nitrogens with two attached hydrogens (primary N) is 1. The van der Waals surface area contributed by atoms with Gasteiger partial charge in [0.25, 0.3) is 0 Å². The van der Waals surface area contributed by atoms with E-state index in [1.807, 2.05) is 0 Å². The molecule has 0 aliphatic heterocycles. The van der Waals surface area contributed by atoms with E-state index in [4.69, 9.17) is 10.8 Å². The van der Waals surface area contributed by atoms with Crippen LogP contribution in [-0.4, -0.2) is 17.6 Å². The predicted octanol–water partition coefficient (Wildman–Crippen LogP) is 3.09. The van der Waals surface area contributed by atoms with Gasteiger partial charge in [-0.15, -0.1) is 0 Å². The monoisotopic (exact) mass is 263 g/mol. The maximum atomic E-state index is 11.1. The molecule has 1 rings (SSSR count). The first kappa shape index (κ1) is 15.7. The number of benzene rings is 1. The van der Waals surface area contributed by atoms with E-state index in [0.29, 0.717) is 18.3 Å². The van der Waals surface area contributed by atoms with Crippen LogP contribution in [0, 0.1) is 25.7 Å². The molecule has 106 valence electrons. The van der Waals surface area contributed by atoms with Gasteiger partial charge in [-0.1, -0.05) is 32.0 Å². The molecule has 0 amide bonds. The van der Waals surface area contributed by atoms with Crippen molar-refractivity contribution in [3.63, 3.8) is 0 Å². The molecule has 0 saturated heterocycles. The maximum Gasteiger partial charge on any atom is 0.307 e. The quantitative estimate of drug-likeness (QED) is 0.829. The molecular weight excluding hydrogens is 238 g/mol. The van der Waals surface area contributed by atoms with Gasteiger partial charge < -0.3 is 10.8 Å². The van der Waals surface area contributed by atoms with E-state index in [0.717, 1.165) is 0 Å². The molecule has 1 aromatic rings. The van der Waals surface area contributed by atoms with Gasteiger partial charge in [0.15, 0.2) is 0 Å². The molecule has 3 nitrogen and oxygen atoms in total. The molecule has 3 N–H and O–H groups in total. The van der Waals surface area contributed by atoms with Crippen LogP contribution in [0.1, 0.15) is 42.9 Å². The molecule has 0 radical (unpaired) electrons. The summed E-state index contributed by atoms with van der Waals surface area (Å²) in [6.45, 7) is 8.73. The molecule has 0 fully saturated rings. The smallest absolute Gasteiger partial charge is 0.307 e. The summed E-state index contributed by atoms with van der Waals surface area (Å²) in [5.41, 5.74) is 9.44. The van der Waals surface area contributed by atoms with Crippen LogP contribution in [-0.2, 0) is 4.79 Å². The van der Waals surface area contributed by atoms with E-state index in [1.165, 1.54) is 16.7 Å². The number of aliphatic carboxylic acids is 1. The van der Waals surface area contributed by atoms with Gasteiger partial charge in [0.05, 0.1) is 5.92 Å². The second-order valence-electron chi connectivity index (χ2n) is 5.58. The fourth-order valence-corrected chi connectivity index (χ4v) is 2.78. The Hall–Kier alpha value is -1.35. The molecule has 0 saturated carbocycles. The standard InChI is InChI=1S/C16H25NO2/c1-10-6-5-7-11(2)15(10)13(4)12(3)8-14(9-17)16(18)19/h5-7,12-14H,8-9,17H2,1-4H3,(H,18,19). The minimum Gasteiger partial charge on any atom is -0.481 e. The Balaban J connectivity index is 2.87. The largest absolute Gasteiger partial charge is 0.481 e. The lowest BCUT2D eigenvalue weighted by Gasteiger charge is -2.25. The second kappa shape index (κ2) is 6.71. The second-order valence-corrected chi connectivity index (χ2v) is 5.58. The molecule has 19 heavy (non-hydrogen) atoms. The molecule has 3 heteroatoms. The first-order valence-electron chi connectivity index (χ1n) is 6.87. The average molecular weight is 263 g/mol. The lowest BCUT2D eigenvalue weighted by atomic mass is 9.79. The highest BCUT2D eigenvalue weighted by Crippen LogP contribution is 2.32. The van der Waals surface area contributed by atoms with Gasteiger partial charge in [0.1, 0.15) is 0 Å². The zero-order valence-corrected chi connectivity index (χ0v) is 12.3. The van der Waals surface area contributed by atoms with Crippen molar-refractivity contribution in [2.24, 2.45) is 17.6 Å². The summed E-state index contributed by atoms with van der Waals surface area (Å²) in [5.74, 6) is -0.594. The van der Waals surface area contributed by atoms with Gasteiger partial charge in [-0.05, 0) is 48.8 Å². The van der Waals surface area contributed by atoms with Gasteiger partial charge in [0, 0.05) is 6.54 Å². The van der Waals surface area contributed by atoms with Crippen LogP contribution in [0.5, 0.6) is 0 Å². The number of hydrogen-bond acceptors (Lipinski definition) is 2. The zero-order chi connectivity index (χ0) is 14.6. The minimum absolute atomic E-state index is 0.207. The van der Waals surface area contributed by atoms with Crippen molar-refractivity contribution in [3.8, 4) is 0 Å². The van der Waals surface area contributed by atoms with Crippen LogP contribution in [0.3, 0.4) is 0 Å². The van der Waals surface area contributed by atoms with E-state index in [2.05, 4.69) is 45.9 Å². The summed E-state index contributed by atoms with van der Waals surface area (Å²) in [6.07, 6.45) is 0.626. The van der Waals surface area contributed by atoms with E-state index >= 15 is 0 Å². The Morgan fingerprint density at radius 2 is 1.79 bits per heavy atom. The first-order valence-corrected chi connectivity index (χ1v) is 6.87. The van der Waals surface area contributed by atoms with Crippen LogP contribution in [0.15, 0.2) is 18.2 Å². The first-order chi connectivity index (χ1) is 8.88. The van der Waals surface area contributed by atoms with Gasteiger partial charge >= 0.3 is 5.97 Å². The van der Waals surface area contributed by atoms with Gasteiger partial charge in [0.2, 0.25) is 0 Å². The van der Waals surface area contributed by atoms with Gasteiger partial charge in [-0.25, -0.2) is 0 Å². The van der Waals surface area contributed by atoms with Crippen molar-refractivity contribution >= 4 is 5.97 Å². The summed E-state index contributed by atoms with van der Waals surface area (Å²) in [7, 11) is 0. The molecule has 0 bridgehead atoms. The van der Waals surface area contributed by atoms with Crippen molar-refractivity contribution in [1.29, 1.82) is 0 Å². The van der Waals surface area contributed by atoms with Crippen LogP contribution >= 0.6 is 0 Å². The maximum absolute atomic E-state index is 11.1. The number of carboxylic acid groups (broad SMARTS) is 1.